The zero-order chi connectivity index (χ0) is 25.3. The van der Waals surface area contributed by atoms with Gasteiger partial charge in [0.25, 0.3) is 0 Å². The first kappa shape index (κ1) is 27.7. The molecular weight excluding hydrogens is 446 g/mol. The predicted molar refractivity (Wildman–Crippen MR) is 140 cm³/mol. The van der Waals surface area contributed by atoms with Crippen molar-refractivity contribution in [1.82, 2.24) is 4.90 Å². The third-order valence-corrected chi connectivity index (χ3v) is 11.2. The van der Waals surface area contributed by atoms with E-state index in [-0.39, 0.29) is 29.1 Å². The summed E-state index contributed by atoms with van der Waals surface area (Å²) in [7, 11) is 0. The average molecular weight is 494 g/mol. The first-order valence-corrected chi connectivity index (χ1v) is 14.5. The first-order chi connectivity index (χ1) is 16.0. The number of hydrogen-bond acceptors (Lipinski definition) is 6. The van der Waals surface area contributed by atoms with E-state index in [4.69, 9.17) is 4.74 Å². The van der Waals surface area contributed by atoms with Crippen molar-refractivity contribution in [2.75, 3.05) is 31.1 Å². The smallest absolute Gasteiger partial charge is 0.316 e. The lowest BCUT2D eigenvalue weighted by Crippen LogP contribution is -2.63. The fourth-order valence-corrected chi connectivity index (χ4v) is 8.35. The Hall–Kier alpha value is -0.850. The molecule has 3 fully saturated rings. The predicted octanol–water partition coefficient (Wildman–Crippen LogP) is 4.97. The van der Waals surface area contributed by atoms with Gasteiger partial charge in [-0.3, -0.25) is 9.59 Å². The fraction of sp³-hybridized carbons (Fsp3) is 0.857. The van der Waals surface area contributed by atoms with E-state index in [0.29, 0.717) is 24.4 Å². The SMILES string of the molecule is C=C[C@]1(C)C[C@@H](OC(=O)CSCCN(CC)CC)C2(C)C(C)CC[C@]3(CCC(=O)C23)[C@@H](C)[C@@H]1O. The van der Waals surface area contributed by atoms with Crippen LogP contribution in [0.15, 0.2) is 12.7 Å². The molecule has 0 aromatic rings. The van der Waals surface area contributed by atoms with Crippen LogP contribution in [-0.4, -0.2) is 65.1 Å². The van der Waals surface area contributed by atoms with Crippen LogP contribution in [-0.2, 0) is 14.3 Å². The minimum atomic E-state index is -0.624. The highest BCUT2D eigenvalue weighted by molar-refractivity contribution is 7.99. The number of rotatable bonds is 9. The first-order valence-electron chi connectivity index (χ1n) is 13.3. The number of Topliss-reactive ketones (excluding diaryl/α,β-unsaturated/α-hetero) is 1. The van der Waals surface area contributed by atoms with Gasteiger partial charge in [-0.05, 0) is 56.0 Å². The molecule has 0 aliphatic heterocycles. The van der Waals surface area contributed by atoms with Crippen molar-refractivity contribution in [3.63, 3.8) is 0 Å². The summed E-state index contributed by atoms with van der Waals surface area (Å²) in [6, 6.07) is 0. The number of thioether (sulfide) groups is 1. The quantitative estimate of drug-likeness (QED) is 0.278. The molecule has 0 aromatic carbocycles. The Morgan fingerprint density at radius 2 is 1.94 bits per heavy atom. The van der Waals surface area contributed by atoms with Crippen molar-refractivity contribution in [2.45, 2.75) is 85.9 Å². The van der Waals surface area contributed by atoms with Gasteiger partial charge in [-0.15, -0.1) is 18.3 Å². The van der Waals surface area contributed by atoms with Gasteiger partial charge in [-0.25, -0.2) is 0 Å². The molecule has 0 heterocycles. The Kier molecular flexibility index (Phi) is 8.68. The van der Waals surface area contributed by atoms with Crippen LogP contribution in [0.4, 0.5) is 0 Å². The molecule has 5 nitrogen and oxygen atoms in total. The number of carbonyl (C=O) groups is 2. The van der Waals surface area contributed by atoms with Crippen LogP contribution in [0.3, 0.4) is 0 Å². The van der Waals surface area contributed by atoms with E-state index in [1.165, 1.54) is 0 Å². The lowest BCUT2D eigenvalue weighted by Gasteiger charge is -2.61. The van der Waals surface area contributed by atoms with Crippen molar-refractivity contribution < 1.29 is 19.4 Å². The second-order valence-corrected chi connectivity index (χ2v) is 12.7. The Morgan fingerprint density at radius 3 is 2.56 bits per heavy atom. The largest absolute Gasteiger partial charge is 0.461 e. The molecule has 3 saturated carbocycles. The molecule has 34 heavy (non-hydrogen) atoms. The molecule has 0 saturated heterocycles. The fourth-order valence-electron chi connectivity index (χ4n) is 7.58. The summed E-state index contributed by atoms with van der Waals surface area (Å²) >= 11 is 1.61. The molecule has 2 bridgehead atoms. The molecule has 3 unspecified atom stereocenters. The Balaban J connectivity index is 1.88. The standard InChI is InChI=1S/C28H47NO4S/c1-8-26(6)17-22(33-23(31)18-34-16-15-29(9-2)10-3)27(7)19(4)11-13-28(20(5)25(26)32)14-12-21(30)24(27)28/h8,19-20,22,24-25,32H,1,9-18H2,2-7H3/t19?,20-,22+,24?,25-,26+,27?,28-/m0/s1. The third-order valence-electron chi connectivity index (χ3n) is 10.2. The monoisotopic (exact) mass is 493 g/mol. The molecule has 8 atom stereocenters. The number of ether oxygens (including phenoxy) is 1. The maximum Gasteiger partial charge on any atom is 0.316 e. The summed E-state index contributed by atoms with van der Waals surface area (Å²) in [5.41, 5.74) is -1.25. The second-order valence-electron chi connectivity index (χ2n) is 11.6. The minimum Gasteiger partial charge on any atom is -0.461 e. The van der Waals surface area contributed by atoms with Crippen molar-refractivity contribution in [3.8, 4) is 0 Å². The molecule has 1 N–H and O–H groups in total. The van der Waals surface area contributed by atoms with Crippen LogP contribution in [0.2, 0.25) is 0 Å². The summed E-state index contributed by atoms with van der Waals surface area (Å²) < 4.78 is 6.30. The summed E-state index contributed by atoms with van der Waals surface area (Å²) in [5, 5.41) is 11.6. The molecule has 0 aromatic heterocycles. The Labute approximate surface area is 211 Å². The molecule has 6 heteroatoms. The lowest BCUT2D eigenvalue weighted by atomic mass is 9.44. The number of aliphatic hydroxyl groups excluding tert-OH is 1. The van der Waals surface area contributed by atoms with Crippen LogP contribution in [0.25, 0.3) is 0 Å². The zero-order valence-corrected chi connectivity index (χ0v) is 23.1. The number of aliphatic hydroxyl groups is 1. The molecule has 0 radical (unpaired) electrons. The van der Waals surface area contributed by atoms with Gasteiger partial charge >= 0.3 is 5.97 Å². The van der Waals surface area contributed by atoms with Gasteiger partial charge in [0.15, 0.2) is 0 Å². The van der Waals surface area contributed by atoms with Crippen LogP contribution < -0.4 is 0 Å². The molecule has 0 amide bonds. The van der Waals surface area contributed by atoms with Gasteiger partial charge in [0.1, 0.15) is 11.9 Å². The van der Waals surface area contributed by atoms with Gasteiger partial charge in [0, 0.05) is 35.5 Å². The number of hydrogen-bond donors (Lipinski definition) is 1. The van der Waals surface area contributed by atoms with Gasteiger partial charge in [-0.1, -0.05) is 47.6 Å². The van der Waals surface area contributed by atoms with E-state index < -0.39 is 23.0 Å². The number of carbonyl (C=O) groups excluding carboxylic acids is 2. The van der Waals surface area contributed by atoms with Crippen molar-refractivity contribution in [2.24, 2.45) is 34.0 Å². The molecule has 194 valence electrons. The topological polar surface area (TPSA) is 66.8 Å². The van der Waals surface area contributed by atoms with Gasteiger partial charge in [0.05, 0.1) is 11.9 Å². The Bertz CT molecular complexity index is 770. The second kappa shape index (κ2) is 10.6. The molecule has 3 aliphatic rings. The zero-order valence-electron chi connectivity index (χ0n) is 22.3. The third kappa shape index (κ3) is 4.64. The van der Waals surface area contributed by atoms with E-state index in [0.717, 1.165) is 44.6 Å². The van der Waals surface area contributed by atoms with E-state index in [1.54, 1.807) is 11.8 Å². The Morgan fingerprint density at radius 1 is 1.26 bits per heavy atom. The van der Waals surface area contributed by atoms with E-state index in [9.17, 15) is 14.7 Å². The maximum atomic E-state index is 13.4. The van der Waals surface area contributed by atoms with Crippen LogP contribution >= 0.6 is 11.8 Å². The van der Waals surface area contributed by atoms with Crippen molar-refractivity contribution >= 4 is 23.5 Å². The van der Waals surface area contributed by atoms with E-state index in [2.05, 4.69) is 46.1 Å². The van der Waals surface area contributed by atoms with Crippen LogP contribution in [0, 0.1) is 34.0 Å². The summed E-state index contributed by atoms with van der Waals surface area (Å²) in [6.45, 7) is 20.0. The van der Waals surface area contributed by atoms with Crippen LogP contribution in [0.5, 0.6) is 0 Å². The highest BCUT2D eigenvalue weighted by atomic mass is 32.2. The van der Waals surface area contributed by atoms with Crippen molar-refractivity contribution in [1.29, 1.82) is 0 Å². The van der Waals surface area contributed by atoms with Gasteiger partial charge in [0.2, 0.25) is 0 Å². The summed E-state index contributed by atoms with van der Waals surface area (Å²) in [6.07, 6.45) is 4.64. The van der Waals surface area contributed by atoms with Crippen molar-refractivity contribution in [3.05, 3.63) is 12.7 Å². The van der Waals surface area contributed by atoms with E-state index in [1.807, 2.05) is 13.0 Å². The van der Waals surface area contributed by atoms with Crippen LogP contribution in [0.1, 0.15) is 73.6 Å². The molecular formula is C28H47NO4S. The number of nitrogens with zero attached hydrogens (tertiary/aromatic N) is 1. The van der Waals surface area contributed by atoms with Gasteiger partial charge < -0.3 is 14.7 Å². The normalized spacial score (nSPS) is 42.1. The average Bonchev–Trinajstić information content (AvgIpc) is 3.17. The number of esters is 1. The lowest BCUT2D eigenvalue weighted by molar-refractivity contribution is -0.205. The summed E-state index contributed by atoms with van der Waals surface area (Å²) in [4.78, 5) is 28.9. The molecule has 3 aliphatic carbocycles. The highest BCUT2D eigenvalue weighted by Gasteiger charge is 2.68. The maximum absolute atomic E-state index is 13.4. The highest BCUT2D eigenvalue weighted by Crippen LogP contribution is 2.67. The van der Waals surface area contributed by atoms with E-state index >= 15 is 0 Å². The minimum absolute atomic E-state index is 0.00828. The van der Waals surface area contributed by atoms with Gasteiger partial charge in [-0.2, -0.15) is 0 Å². The number of ketones is 1. The summed E-state index contributed by atoms with van der Waals surface area (Å²) in [5.74, 6) is 1.37. The molecule has 0 spiro atoms. The molecule has 3 rings (SSSR count).